The molecule has 18 heavy (non-hydrogen) atoms. The first-order valence-electron chi connectivity index (χ1n) is 5.85. The van der Waals surface area contributed by atoms with E-state index in [1.54, 1.807) is 11.3 Å². The number of thiophene rings is 1. The Kier molecular flexibility index (Phi) is 4.50. The minimum atomic E-state index is 0.0559. The molecule has 2 rings (SSSR count). The van der Waals surface area contributed by atoms with Gasteiger partial charge in [-0.2, -0.15) is 0 Å². The molecule has 1 amide bonds. The van der Waals surface area contributed by atoms with E-state index >= 15 is 0 Å². The van der Waals surface area contributed by atoms with Crippen LogP contribution in [0.2, 0.25) is 0 Å². The van der Waals surface area contributed by atoms with Crippen LogP contribution in [0.5, 0.6) is 0 Å². The van der Waals surface area contributed by atoms with Crippen molar-refractivity contribution >= 4 is 17.2 Å². The molecule has 3 nitrogen and oxygen atoms in total. The first kappa shape index (κ1) is 12.8. The fourth-order valence-electron chi connectivity index (χ4n) is 1.63. The van der Waals surface area contributed by atoms with E-state index in [0.29, 0.717) is 19.5 Å². The van der Waals surface area contributed by atoms with Crippen molar-refractivity contribution in [3.8, 4) is 0 Å². The summed E-state index contributed by atoms with van der Waals surface area (Å²) >= 11 is 1.60. The largest absolute Gasteiger partial charge is 0.352 e. The second-order valence-corrected chi connectivity index (χ2v) is 5.09. The van der Waals surface area contributed by atoms with E-state index in [1.807, 2.05) is 41.8 Å². The number of benzene rings is 1. The molecule has 0 saturated carbocycles. The second-order valence-electron chi connectivity index (χ2n) is 4.05. The summed E-state index contributed by atoms with van der Waals surface area (Å²) in [5.74, 6) is 0.0559. The topological polar surface area (TPSA) is 55.1 Å². The van der Waals surface area contributed by atoms with Gasteiger partial charge in [0.05, 0.1) is 6.42 Å². The molecule has 0 radical (unpaired) electrons. The van der Waals surface area contributed by atoms with Crippen molar-refractivity contribution in [2.75, 3.05) is 0 Å². The fourth-order valence-corrected chi connectivity index (χ4v) is 2.33. The normalized spacial score (nSPS) is 10.3. The monoisotopic (exact) mass is 260 g/mol. The highest BCUT2D eigenvalue weighted by atomic mass is 32.1. The zero-order valence-electron chi connectivity index (χ0n) is 10.1. The smallest absolute Gasteiger partial charge is 0.225 e. The van der Waals surface area contributed by atoms with Crippen molar-refractivity contribution in [1.82, 2.24) is 5.32 Å². The van der Waals surface area contributed by atoms with Gasteiger partial charge in [0.2, 0.25) is 5.91 Å². The van der Waals surface area contributed by atoms with Gasteiger partial charge in [-0.15, -0.1) is 11.3 Å². The first-order valence-corrected chi connectivity index (χ1v) is 6.73. The zero-order chi connectivity index (χ0) is 12.8. The predicted molar refractivity (Wildman–Crippen MR) is 74.2 cm³/mol. The number of rotatable bonds is 5. The summed E-state index contributed by atoms with van der Waals surface area (Å²) in [7, 11) is 0. The van der Waals surface area contributed by atoms with Gasteiger partial charge < -0.3 is 11.1 Å². The average molecular weight is 260 g/mol. The summed E-state index contributed by atoms with van der Waals surface area (Å²) in [5, 5.41) is 4.89. The number of amides is 1. The Bertz CT molecular complexity index is 491. The number of hydrogen-bond acceptors (Lipinski definition) is 3. The van der Waals surface area contributed by atoms with Gasteiger partial charge in [-0.05, 0) is 22.6 Å². The number of nitrogens with one attached hydrogen (secondary N) is 1. The maximum absolute atomic E-state index is 11.7. The molecular weight excluding hydrogens is 244 g/mol. The highest BCUT2D eigenvalue weighted by Gasteiger charge is 2.03. The number of carbonyl (C=O) groups is 1. The van der Waals surface area contributed by atoms with E-state index in [1.165, 1.54) is 0 Å². The Balaban J connectivity index is 1.81. The molecule has 0 aliphatic rings. The molecule has 0 fully saturated rings. The maximum atomic E-state index is 11.7. The summed E-state index contributed by atoms with van der Waals surface area (Å²) in [6, 6.07) is 11.9. The molecular formula is C14H16N2OS. The van der Waals surface area contributed by atoms with E-state index in [-0.39, 0.29) is 5.91 Å². The van der Waals surface area contributed by atoms with Gasteiger partial charge in [0.25, 0.3) is 0 Å². The standard InChI is InChI=1S/C14H16N2OS/c15-9-11-3-5-12(6-4-11)10-16-14(17)8-13-2-1-7-18-13/h1-7H,8-10,15H2,(H,16,17). The van der Waals surface area contributed by atoms with E-state index in [9.17, 15) is 4.79 Å². The van der Waals surface area contributed by atoms with Crippen molar-refractivity contribution in [3.05, 3.63) is 57.8 Å². The Morgan fingerprint density at radius 3 is 2.50 bits per heavy atom. The van der Waals surface area contributed by atoms with Gasteiger partial charge in [-0.25, -0.2) is 0 Å². The van der Waals surface area contributed by atoms with Crippen LogP contribution in [0.25, 0.3) is 0 Å². The van der Waals surface area contributed by atoms with Crippen LogP contribution < -0.4 is 11.1 Å². The quantitative estimate of drug-likeness (QED) is 0.864. The zero-order valence-corrected chi connectivity index (χ0v) is 10.9. The van der Waals surface area contributed by atoms with E-state index in [2.05, 4.69) is 5.32 Å². The van der Waals surface area contributed by atoms with Crippen molar-refractivity contribution in [2.45, 2.75) is 19.5 Å². The van der Waals surface area contributed by atoms with Crippen LogP contribution in [0.15, 0.2) is 41.8 Å². The molecule has 0 atom stereocenters. The van der Waals surface area contributed by atoms with Crippen LogP contribution in [0.3, 0.4) is 0 Å². The van der Waals surface area contributed by atoms with Gasteiger partial charge in [0.15, 0.2) is 0 Å². The van der Waals surface area contributed by atoms with Crippen molar-refractivity contribution in [3.63, 3.8) is 0 Å². The highest BCUT2D eigenvalue weighted by molar-refractivity contribution is 7.10. The third-order valence-corrected chi connectivity index (χ3v) is 3.54. The van der Waals surface area contributed by atoms with Crippen LogP contribution in [-0.4, -0.2) is 5.91 Å². The molecule has 0 bridgehead atoms. The number of nitrogens with two attached hydrogens (primary N) is 1. The average Bonchev–Trinajstić information content (AvgIpc) is 2.90. The van der Waals surface area contributed by atoms with Gasteiger partial charge in [-0.1, -0.05) is 30.3 Å². The Labute approximate surface area is 111 Å². The van der Waals surface area contributed by atoms with Gasteiger partial charge in [0.1, 0.15) is 0 Å². The lowest BCUT2D eigenvalue weighted by Gasteiger charge is -2.05. The van der Waals surface area contributed by atoms with Gasteiger partial charge in [0, 0.05) is 18.0 Å². The summed E-state index contributed by atoms with van der Waals surface area (Å²) in [5.41, 5.74) is 7.72. The molecule has 3 N–H and O–H groups in total. The number of hydrogen-bond donors (Lipinski definition) is 2. The minimum Gasteiger partial charge on any atom is -0.352 e. The lowest BCUT2D eigenvalue weighted by Crippen LogP contribution is -2.24. The maximum Gasteiger partial charge on any atom is 0.225 e. The van der Waals surface area contributed by atoms with E-state index in [0.717, 1.165) is 16.0 Å². The predicted octanol–water partition coefficient (Wildman–Crippen LogP) is 2.07. The summed E-state index contributed by atoms with van der Waals surface area (Å²) < 4.78 is 0. The van der Waals surface area contributed by atoms with Gasteiger partial charge in [-0.3, -0.25) is 4.79 Å². The first-order chi connectivity index (χ1) is 8.78. The summed E-state index contributed by atoms with van der Waals surface area (Å²) in [4.78, 5) is 12.8. The Morgan fingerprint density at radius 1 is 1.17 bits per heavy atom. The SMILES string of the molecule is NCc1ccc(CNC(=O)Cc2cccs2)cc1. The van der Waals surface area contributed by atoms with Crippen LogP contribution in [0, 0.1) is 0 Å². The third-order valence-electron chi connectivity index (χ3n) is 2.66. The van der Waals surface area contributed by atoms with Crippen LogP contribution >= 0.6 is 11.3 Å². The minimum absolute atomic E-state index is 0.0559. The molecule has 94 valence electrons. The molecule has 1 heterocycles. The second kappa shape index (κ2) is 6.33. The lowest BCUT2D eigenvalue weighted by atomic mass is 10.1. The molecule has 4 heteroatoms. The Hall–Kier alpha value is -1.65. The molecule has 0 aliphatic heterocycles. The Morgan fingerprint density at radius 2 is 1.89 bits per heavy atom. The molecule has 1 aromatic heterocycles. The summed E-state index contributed by atoms with van der Waals surface area (Å²) in [6.07, 6.45) is 0.457. The molecule has 0 aliphatic carbocycles. The van der Waals surface area contributed by atoms with Crippen LogP contribution in [0.4, 0.5) is 0 Å². The van der Waals surface area contributed by atoms with Crippen molar-refractivity contribution in [2.24, 2.45) is 5.73 Å². The molecule has 2 aromatic rings. The fraction of sp³-hybridized carbons (Fsp3) is 0.214. The van der Waals surface area contributed by atoms with Gasteiger partial charge >= 0.3 is 0 Å². The lowest BCUT2D eigenvalue weighted by molar-refractivity contribution is -0.120. The highest BCUT2D eigenvalue weighted by Crippen LogP contribution is 2.09. The third kappa shape index (κ3) is 3.68. The molecule has 0 spiro atoms. The van der Waals surface area contributed by atoms with Crippen LogP contribution in [-0.2, 0) is 24.3 Å². The molecule has 1 aromatic carbocycles. The van der Waals surface area contributed by atoms with Crippen LogP contribution in [0.1, 0.15) is 16.0 Å². The van der Waals surface area contributed by atoms with E-state index < -0.39 is 0 Å². The van der Waals surface area contributed by atoms with E-state index in [4.69, 9.17) is 5.73 Å². The molecule has 0 unspecified atom stereocenters. The summed E-state index contributed by atoms with van der Waals surface area (Å²) in [6.45, 7) is 1.11. The van der Waals surface area contributed by atoms with Crippen molar-refractivity contribution < 1.29 is 4.79 Å². The molecule has 0 saturated heterocycles. The number of carbonyl (C=O) groups excluding carboxylic acids is 1. The van der Waals surface area contributed by atoms with Crippen molar-refractivity contribution in [1.29, 1.82) is 0 Å².